The molecule has 0 aliphatic rings. The Morgan fingerprint density at radius 1 is 1.33 bits per heavy atom. The number of H-pyrrole nitrogens is 1. The van der Waals surface area contributed by atoms with Gasteiger partial charge in [-0.3, -0.25) is 9.69 Å². The number of aromatic amines is 1. The molecular weight excluding hydrogens is 306 g/mol. The second-order valence-electron chi connectivity index (χ2n) is 6.62. The summed E-state index contributed by atoms with van der Waals surface area (Å²) >= 11 is 0. The highest BCUT2D eigenvalue weighted by atomic mass is 16.6. The van der Waals surface area contributed by atoms with Crippen molar-refractivity contribution in [3.63, 3.8) is 0 Å². The van der Waals surface area contributed by atoms with Crippen molar-refractivity contribution < 1.29 is 14.3 Å². The lowest BCUT2D eigenvalue weighted by Gasteiger charge is -2.31. The third-order valence-corrected chi connectivity index (χ3v) is 3.48. The van der Waals surface area contributed by atoms with Gasteiger partial charge in [-0.1, -0.05) is 24.3 Å². The lowest BCUT2D eigenvalue weighted by Crippen LogP contribution is -2.38. The van der Waals surface area contributed by atoms with Crippen LogP contribution in [0.25, 0.3) is 0 Å². The molecule has 128 valence electrons. The van der Waals surface area contributed by atoms with Gasteiger partial charge in [-0.15, -0.1) is 0 Å². The number of nitrogens with one attached hydrogen (secondary N) is 1. The van der Waals surface area contributed by atoms with E-state index in [1.54, 1.807) is 29.4 Å². The lowest BCUT2D eigenvalue weighted by molar-refractivity contribution is 0.0145. The van der Waals surface area contributed by atoms with Crippen LogP contribution >= 0.6 is 0 Å². The number of hydrogen-bond donors (Lipinski definition) is 1. The van der Waals surface area contributed by atoms with Crippen LogP contribution in [0.15, 0.2) is 36.7 Å². The molecule has 0 bridgehead atoms. The maximum atomic E-state index is 12.6. The number of carbonyl (C=O) groups excluding carboxylic acids is 2. The molecule has 1 amide bonds. The zero-order valence-electron chi connectivity index (χ0n) is 14.4. The highest BCUT2D eigenvalue weighted by Crippen LogP contribution is 2.23. The molecule has 0 aliphatic carbocycles. The van der Waals surface area contributed by atoms with Crippen molar-refractivity contribution in [2.75, 3.05) is 0 Å². The standard InChI is InChI=1S/C18H23N3O3/c1-13(16-19-9-10-20-16)21(17(23)24-18(2,3)4)11-14-5-7-15(12-22)8-6-14/h5-10,12-13H,11H2,1-4H3,(H,19,20). The monoisotopic (exact) mass is 329 g/mol. The molecule has 2 aromatic rings. The molecule has 0 radical (unpaired) electrons. The third kappa shape index (κ3) is 4.68. The summed E-state index contributed by atoms with van der Waals surface area (Å²) in [5.74, 6) is 0.686. The molecule has 0 fully saturated rings. The van der Waals surface area contributed by atoms with Crippen LogP contribution in [-0.2, 0) is 11.3 Å². The van der Waals surface area contributed by atoms with Gasteiger partial charge < -0.3 is 9.72 Å². The van der Waals surface area contributed by atoms with Crippen LogP contribution in [0.2, 0.25) is 0 Å². The first-order chi connectivity index (χ1) is 11.3. The molecule has 1 aromatic heterocycles. The van der Waals surface area contributed by atoms with Crippen LogP contribution in [0.3, 0.4) is 0 Å². The Labute approximate surface area is 141 Å². The number of aldehydes is 1. The second kappa shape index (κ2) is 7.29. The first-order valence-corrected chi connectivity index (χ1v) is 7.83. The van der Waals surface area contributed by atoms with Crippen molar-refractivity contribution in [1.82, 2.24) is 14.9 Å². The molecule has 0 aliphatic heterocycles. The van der Waals surface area contributed by atoms with Crippen molar-refractivity contribution in [2.45, 2.75) is 45.9 Å². The number of benzene rings is 1. The first kappa shape index (κ1) is 17.7. The molecular formula is C18H23N3O3. The van der Waals surface area contributed by atoms with Gasteiger partial charge in [0.2, 0.25) is 0 Å². The predicted molar refractivity (Wildman–Crippen MR) is 90.6 cm³/mol. The van der Waals surface area contributed by atoms with Gasteiger partial charge in [0.05, 0.1) is 6.04 Å². The fourth-order valence-corrected chi connectivity index (χ4v) is 2.23. The summed E-state index contributed by atoms with van der Waals surface area (Å²) in [6.45, 7) is 7.75. The van der Waals surface area contributed by atoms with Gasteiger partial charge in [-0.25, -0.2) is 9.78 Å². The van der Waals surface area contributed by atoms with E-state index in [1.807, 2.05) is 39.8 Å². The number of nitrogens with zero attached hydrogens (tertiary/aromatic N) is 2. The summed E-state index contributed by atoms with van der Waals surface area (Å²) in [7, 11) is 0. The van der Waals surface area contributed by atoms with Gasteiger partial charge >= 0.3 is 6.09 Å². The fraction of sp³-hybridized carbons (Fsp3) is 0.389. The number of ether oxygens (including phenoxy) is 1. The van der Waals surface area contributed by atoms with Gasteiger partial charge in [0, 0.05) is 24.5 Å². The Balaban J connectivity index is 2.23. The molecule has 1 aromatic carbocycles. The zero-order chi connectivity index (χ0) is 17.7. The SMILES string of the molecule is CC(c1ncc[nH]1)N(Cc1ccc(C=O)cc1)C(=O)OC(C)(C)C. The summed E-state index contributed by atoms with van der Waals surface area (Å²) in [4.78, 5) is 32.3. The second-order valence-corrected chi connectivity index (χ2v) is 6.62. The van der Waals surface area contributed by atoms with E-state index >= 15 is 0 Å². The number of amides is 1. The minimum atomic E-state index is -0.584. The Morgan fingerprint density at radius 3 is 2.50 bits per heavy atom. The zero-order valence-corrected chi connectivity index (χ0v) is 14.4. The highest BCUT2D eigenvalue weighted by molar-refractivity contribution is 5.74. The summed E-state index contributed by atoms with van der Waals surface area (Å²) in [6, 6.07) is 6.84. The van der Waals surface area contributed by atoms with Crippen molar-refractivity contribution in [1.29, 1.82) is 0 Å². The van der Waals surface area contributed by atoms with Crippen molar-refractivity contribution in [2.24, 2.45) is 0 Å². The molecule has 2 rings (SSSR count). The molecule has 1 heterocycles. The smallest absolute Gasteiger partial charge is 0.411 e. The van der Waals surface area contributed by atoms with Gasteiger partial charge in [0.1, 0.15) is 17.7 Å². The van der Waals surface area contributed by atoms with Gasteiger partial charge in [-0.05, 0) is 33.3 Å². The molecule has 6 heteroatoms. The van der Waals surface area contributed by atoms with E-state index in [0.29, 0.717) is 17.9 Å². The Kier molecular flexibility index (Phi) is 5.39. The number of imidazole rings is 1. The van der Waals surface area contributed by atoms with Crippen LogP contribution < -0.4 is 0 Å². The molecule has 6 nitrogen and oxygen atoms in total. The molecule has 0 saturated heterocycles. The van der Waals surface area contributed by atoms with E-state index in [4.69, 9.17) is 4.74 Å². The lowest BCUT2D eigenvalue weighted by atomic mass is 10.1. The summed E-state index contributed by atoms with van der Waals surface area (Å²) in [6.07, 6.45) is 3.75. The molecule has 1 N–H and O–H groups in total. The largest absolute Gasteiger partial charge is 0.444 e. The molecule has 1 atom stereocenters. The number of rotatable bonds is 5. The van der Waals surface area contributed by atoms with E-state index in [2.05, 4.69) is 9.97 Å². The molecule has 24 heavy (non-hydrogen) atoms. The first-order valence-electron chi connectivity index (χ1n) is 7.83. The van der Waals surface area contributed by atoms with Crippen molar-refractivity contribution >= 4 is 12.4 Å². The summed E-state index contributed by atoms with van der Waals surface area (Å²) in [5.41, 5.74) is 0.922. The average Bonchev–Trinajstić information content (AvgIpc) is 3.05. The van der Waals surface area contributed by atoms with Crippen molar-refractivity contribution in [3.8, 4) is 0 Å². The summed E-state index contributed by atoms with van der Waals surface area (Å²) < 4.78 is 5.53. The van der Waals surface area contributed by atoms with E-state index in [-0.39, 0.29) is 6.04 Å². The van der Waals surface area contributed by atoms with E-state index in [1.165, 1.54) is 0 Å². The number of hydrogen-bond acceptors (Lipinski definition) is 4. The Morgan fingerprint density at radius 2 is 2.00 bits per heavy atom. The molecule has 0 saturated carbocycles. The minimum Gasteiger partial charge on any atom is -0.444 e. The summed E-state index contributed by atoms with van der Waals surface area (Å²) in [5, 5.41) is 0. The van der Waals surface area contributed by atoms with Gasteiger partial charge in [0.25, 0.3) is 0 Å². The quantitative estimate of drug-likeness (QED) is 0.848. The van der Waals surface area contributed by atoms with Crippen LogP contribution in [-0.4, -0.2) is 32.8 Å². The Bertz CT molecular complexity index is 673. The predicted octanol–water partition coefficient (Wildman–Crippen LogP) is 3.72. The molecule has 0 spiro atoms. The Hall–Kier alpha value is -2.63. The van der Waals surface area contributed by atoms with Gasteiger partial charge in [-0.2, -0.15) is 0 Å². The maximum Gasteiger partial charge on any atom is 0.411 e. The number of aromatic nitrogens is 2. The number of carbonyl (C=O) groups is 2. The van der Waals surface area contributed by atoms with E-state index in [0.717, 1.165) is 11.8 Å². The van der Waals surface area contributed by atoms with Crippen LogP contribution in [0.4, 0.5) is 4.79 Å². The van der Waals surface area contributed by atoms with Gasteiger partial charge in [0.15, 0.2) is 0 Å². The highest BCUT2D eigenvalue weighted by Gasteiger charge is 2.28. The van der Waals surface area contributed by atoms with Crippen molar-refractivity contribution in [3.05, 3.63) is 53.6 Å². The van der Waals surface area contributed by atoms with Crippen LogP contribution in [0.1, 0.15) is 55.5 Å². The minimum absolute atomic E-state index is 0.277. The van der Waals surface area contributed by atoms with E-state index < -0.39 is 11.7 Å². The topological polar surface area (TPSA) is 75.3 Å². The van der Waals surface area contributed by atoms with Crippen LogP contribution in [0, 0.1) is 0 Å². The third-order valence-electron chi connectivity index (χ3n) is 3.48. The maximum absolute atomic E-state index is 12.6. The fourth-order valence-electron chi connectivity index (χ4n) is 2.23. The average molecular weight is 329 g/mol. The molecule has 1 unspecified atom stereocenters. The van der Waals surface area contributed by atoms with E-state index in [9.17, 15) is 9.59 Å². The van der Waals surface area contributed by atoms with Crippen LogP contribution in [0.5, 0.6) is 0 Å². The normalized spacial score (nSPS) is 12.5.